The molecule has 1 aliphatic rings. The Morgan fingerprint density at radius 3 is 2.38 bits per heavy atom. The molecular formula is C6H11BrS. The van der Waals surface area contributed by atoms with Gasteiger partial charge in [-0.25, -0.2) is 0 Å². The van der Waals surface area contributed by atoms with E-state index in [0.29, 0.717) is 4.75 Å². The van der Waals surface area contributed by atoms with E-state index in [9.17, 15) is 0 Å². The second-order valence-electron chi connectivity index (χ2n) is 2.71. The van der Waals surface area contributed by atoms with E-state index in [1.165, 1.54) is 12.2 Å². The number of hydrogen-bond acceptors (Lipinski definition) is 1. The number of halogens is 1. The highest BCUT2D eigenvalue weighted by molar-refractivity contribution is 9.09. The van der Waals surface area contributed by atoms with Crippen LogP contribution < -0.4 is 0 Å². The van der Waals surface area contributed by atoms with E-state index in [4.69, 9.17) is 0 Å². The summed E-state index contributed by atoms with van der Waals surface area (Å²) in [4.78, 5) is 0.736. The average molecular weight is 195 g/mol. The lowest BCUT2D eigenvalue weighted by atomic mass is 10.1. The molecule has 0 saturated carbocycles. The van der Waals surface area contributed by atoms with E-state index in [0.717, 1.165) is 4.83 Å². The molecule has 0 aliphatic carbocycles. The summed E-state index contributed by atoms with van der Waals surface area (Å²) in [7, 11) is 0. The van der Waals surface area contributed by atoms with Crippen LogP contribution in [-0.4, -0.2) is 15.3 Å². The van der Waals surface area contributed by atoms with Crippen molar-refractivity contribution in [3.05, 3.63) is 0 Å². The highest BCUT2D eigenvalue weighted by Gasteiger charge is 2.32. The van der Waals surface area contributed by atoms with Gasteiger partial charge in [-0.3, -0.25) is 0 Å². The standard InChI is InChI=1S/C6H11BrS/c1-6(2)5(7)3-4-8-6/h5H,3-4H2,1-2H3. The Bertz CT molecular complexity index is 90.5. The molecule has 0 nitrogen and oxygen atoms in total. The summed E-state index contributed by atoms with van der Waals surface area (Å²) in [5, 5.41) is 0. The quantitative estimate of drug-likeness (QED) is 0.535. The van der Waals surface area contributed by atoms with Gasteiger partial charge in [-0.15, -0.1) is 0 Å². The zero-order chi connectivity index (χ0) is 6.20. The summed E-state index contributed by atoms with van der Waals surface area (Å²) in [6.45, 7) is 4.59. The molecule has 1 heterocycles. The van der Waals surface area contributed by atoms with Crippen LogP contribution in [-0.2, 0) is 0 Å². The molecule has 48 valence electrons. The minimum atomic E-state index is 0.486. The summed E-state index contributed by atoms with van der Waals surface area (Å²) >= 11 is 5.70. The van der Waals surface area contributed by atoms with Gasteiger partial charge in [0.2, 0.25) is 0 Å². The molecule has 0 aromatic carbocycles. The van der Waals surface area contributed by atoms with Crippen LogP contribution >= 0.6 is 27.7 Å². The van der Waals surface area contributed by atoms with Gasteiger partial charge in [0.25, 0.3) is 0 Å². The second kappa shape index (κ2) is 2.22. The van der Waals surface area contributed by atoms with Crippen LogP contribution in [0.25, 0.3) is 0 Å². The monoisotopic (exact) mass is 194 g/mol. The SMILES string of the molecule is CC1(C)SCCC1Br. The first-order valence-electron chi connectivity index (χ1n) is 2.91. The van der Waals surface area contributed by atoms with Crippen LogP contribution in [0.4, 0.5) is 0 Å². The van der Waals surface area contributed by atoms with Gasteiger partial charge in [0.15, 0.2) is 0 Å². The molecule has 1 rings (SSSR count). The fourth-order valence-corrected chi connectivity index (χ4v) is 2.97. The summed E-state index contributed by atoms with van der Waals surface area (Å²) in [6.07, 6.45) is 1.33. The van der Waals surface area contributed by atoms with E-state index < -0.39 is 0 Å². The topological polar surface area (TPSA) is 0 Å². The molecule has 0 N–H and O–H groups in total. The number of rotatable bonds is 0. The van der Waals surface area contributed by atoms with Gasteiger partial charge in [-0.2, -0.15) is 11.8 Å². The summed E-state index contributed by atoms with van der Waals surface area (Å²) in [5.74, 6) is 1.32. The molecule has 0 aromatic heterocycles. The van der Waals surface area contributed by atoms with E-state index in [-0.39, 0.29) is 0 Å². The Kier molecular flexibility index (Phi) is 1.93. The third-order valence-electron chi connectivity index (χ3n) is 1.60. The maximum absolute atomic E-state index is 3.64. The number of hydrogen-bond donors (Lipinski definition) is 0. The Morgan fingerprint density at radius 2 is 2.25 bits per heavy atom. The predicted molar refractivity (Wildman–Crippen MR) is 43.9 cm³/mol. The Morgan fingerprint density at radius 1 is 1.62 bits per heavy atom. The Balaban J connectivity index is 2.54. The van der Waals surface area contributed by atoms with Crippen molar-refractivity contribution in [1.82, 2.24) is 0 Å². The fraction of sp³-hybridized carbons (Fsp3) is 1.00. The zero-order valence-corrected chi connectivity index (χ0v) is 7.68. The van der Waals surface area contributed by atoms with Gasteiger partial charge >= 0.3 is 0 Å². The molecule has 1 fully saturated rings. The Hall–Kier alpha value is 0.830. The summed E-state index contributed by atoms with van der Waals surface area (Å²) in [5.41, 5.74) is 0. The minimum Gasteiger partial charge on any atom is -0.155 e. The molecule has 8 heavy (non-hydrogen) atoms. The van der Waals surface area contributed by atoms with Crippen molar-refractivity contribution in [3.63, 3.8) is 0 Å². The van der Waals surface area contributed by atoms with Crippen LogP contribution in [0.5, 0.6) is 0 Å². The maximum atomic E-state index is 3.64. The van der Waals surface area contributed by atoms with Crippen LogP contribution in [0.1, 0.15) is 20.3 Å². The zero-order valence-electron chi connectivity index (χ0n) is 5.28. The normalized spacial score (nSPS) is 35.6. The van der Waals surface area contributed by atoms with Gasteiger partial charge in [-0.05, 0) is 26.0 Å². The first kappa shape index (κ1) is 6.94. The van der Waals surface area contributed by atoms with Crippen molar-refractivity contribution >= 4 is 27.7 Å². The molecule has 0 spiro atoms. The van der Waals surface area contributed by atoms with Crippen LogP contribution in [0.15, 0.2) is 0 Å². The molecule has 2 heteroatoms. The van der Waals surface area contributed by atoms with Crippen LogP contribution in [0.2, 0.25) is 0 Å². The van der Waals surface area contributed by atoms with E-state index in [1.807, 2.05) is 0 Å². The van der Waals surface area contributed by atoms with Crippen LogP contribution in [0.3, 0.4) is 0 Å². The van der Waals surface area contributed by atoms with Crippen molar-refractivity contribution in [2.24, 2.45) is 0 Å². The van der Waals surface area contributed by atoms with Crippen molar-refractivity contribution in [1.29, 1.82) is 0 Å². The van der Waals surface area contributed by atoms with Crippen molar-refractivity contribution in [2.45, 2.75) is 29.8 Å². The van der Waals surface area contributed by atoms with Gasteiger partial charge in [0.05, 0.1) is 0 Å². The van der Waals surface area contributed by atoms with Crippen LogP contribution in [0, 0.1) is 0 Å². The third-order valence-corrected chi connectivity index (χ3v) is 4.97. The van der Waals surface area contributed by atoms with Gasteiger partial charge in [-0.1, -0.05) is 15.9 Å². The molecule has 0 amide bonds. The Labute approximate surface area is 63.5 Å². The fourth-order valence-electron chi connectivity index (χ4n) is 0.863. The number of alkyl halides is 1. The number of thioether (sulfide) groups is 1. The van der Waals surface area contributed by atoms with Crippen molar-refractivity contribution in [3.8, 4) is 0 Å². The first-order valence-corrected chi connectivity index (χ1v) is 4.81. The van der Waals surface area contributed by atoms with E-state index in [2.05, 4.69) is 41.5 Å². The van der Waals surface area contributed by atoms with Gasteiger partial charge in [0, 0.05) is 9.57 Å². The van der Waals surface area contributed by atoms with Crippen molar-refractivity contribution < 1.29 is 0 Å². The molecule has 0 aromatic rings. The second-order valence-corrected chi connectivity index (χ2v) is 5.56. The highest BCUT2D eigenvalue weighted by Crippen LogP contribution is 2.41. The van der Waals surface area contributed by atoms with E-state index >= 15 is 0 Å². The molecule has 0 bridgehead atoms. The predicted octanol–water partition coefficient (Wildman–Crippen LogP) is 2.67. The van der Waals surface area contributed by atoms with E-state index in [1.54, 1.807) is 0 Å². The molecular weight excluding hydrogens is 184 g/mol. The lowest BCUT2D eigenvalue weighted by Gasteiger charge is -2.19. The molecule has 0 radical (unpaired) electrons. The lowest BCUT2D eigenvalue weighted by Crippen LogP contribution is -2.21. The highest BCUT2D eigenvalue weighted by atomic mass is 79.9. The summed E-state index contributed by atoms with van der Waals surface area (Å²) in [6, 6.07) is 0. The maximum Gasteiger partial charge on any atom is 0.0295 e. The van der Waals surface area contributed by atoms with Gasteiger partial charge in [0.1, 0.15) is 0 Å². The molecule has 1 atom stereocenters. The third kappa shape index (κ3) is 1.21. The minimum absolute atomic E-state index is 0.486. The lowest BCUT2D eigenvalue weighted by molar-refractivity contribution is 0.692. The smallest absolute Gasteiger partial charge is 0.0295 e. The van der Waals surface area contributed by atoms with Crippen molar-refractivity contribution in [2.75, 3.05) is 5.75 Å². The molecule has 1 unspecified atom stereocenters. The largest absolute Gasteiger partial charge is 0.155 e. The average Bonchev–Trinajstić information content (AvgIpc) is 1.86. The van der Waals surface area contributed by atoms with Gasteiger partial charge < -0.3 is 0 Å². The summed E-state index contributed by atoms with van der Waals surface area (Å²) < 4.78 is 0.486. The molecule has 1 saturated heterocycles. The first-order chi connectivity index (χ1) is 3.63. The molecule has 1 aliphatic heterocycles.